The highest BCUT2D eigenvalue weighted by Crippen LogP contribution is 2.22. The lowest BCUT2D eigenvalue weighted by atomic mass is 10.1. The SMILES string of the molecule is CN1CCN(c2ccc(N)c(CCF)c2)CC1. The molecule has 1 aliphatic heterocycles. The summed E-state index contributed by atoms with van der Waals surface area (Å²) in [7, 11) is 2.13. The molecule has 4 heteroatoms. The summed E-state index contributed by atoms with van der Waals surface area (Å²) >= 11 is 0. The molecule has 1 aromatic carbocycles. The summed E-state index contributed by atoms with van der Waals surface area (Å²) < 4.78 is 12.4. The van der Waals surface area contributed by atoms with Crippen molar-refractivity contribution in [3.63, 3.8) is 0 Å². The molecule has 3 nitrogen and oxygen atoms in total. The monoisotopic (exact) mass is 237 g/mol. The molecule has 94 valence electrons. The van der Waals surface area contributed by atoms with E-state index in [2.05, 4.69) is 16.8 Å². The highest BCUT2D eigenvalue weighted by Gasteiger charge is 2.14. The number of halogens is 1. The van der Waals surface area contributed by atoms with Crippen LogP contribution >= 0.6 is 0 Å². The maximum atomic E-state index is 12.4. The highest BCUT2D eigenvalue weighted by atomic mass is 19.1. The van der Waals surface area contributed by atoms with Gasteiger partial charge in [0.15, 0.2) is 0 Å². The molecule has 0 bridgehead atoms. The first kappa shape index (κ1) is 12.2. The number of nitrogen functional groups attached to an aromatic ring is 1. The van der Waals surface area contributed by atoms with Crippen molar-refractivity contribution in [3.05, 3.63) is 23.8 Å². The maximum absolute atomic E-state index is 12.4. The number of hydrogen-bond acceptors (Lipinski definition) is 3. The number of nitrogens with two attached hydrogens (primary N) is 1. The summed E-state index contributed by atoms with van der Waals surface area (Å²) in [6.45, 7) is 3.84. The molecular weight excluding hydrogens is 217 g/mol. The zero-order valence-electron chi connectivity index (χ0n) is 10.3. The highest BCUT2D eigenvalue weighted by molar-refractivity contribution is 5.58. The average Bonchev–Trinajstić information content (AvgIpc) is 2.33. The molecule has 1 aromatic rings. The third-order valence-corrected chi connectivity index (χ3v) is 3.36. The number of hydrogen-bond donors (Lipinski definition) is 1. The molecule has 2 rings (SSSR count). The van der Waals surface area contributed by atoms with E-state index < -0.39 is 0 Å². The van der Waals surface area contributed by atoms with Crippen LogP contribution in [0.3, 0.4) is 0 Å². The number of anilines is 2. The van der Waals surface area contributed by atoms with Crippen LogP contribution in [0.25, 0.3) is 0 Å². The van der Waals surface area contributed by atoms with Gasteiger partial charge in [-0.25, -0.2) is 0 Å². The molecule has 0 saturated carbocycles. The largest absolute Gasteiger partial charge is 0.399 e. The van der Waals surface area contributed by atoms with Gasteiger partial charge in [0, 0.05) is 44.0 Å². The van der Waals surface area contributed by atoms with Crippen molar-refractivity contribution < 1.29 is 4.39 Å². The summed E-state index contributed by atoms with van der Waals surface area (Å²) in [6, 6.07) is 5.95. The zero-order valence-corrected chi connectivity index (χ0v) is 10.3. The molecule has 0 aromatic heterocycles. The molecule has 0 unspecified atom stereocenters. The van der Waals surface area contributed by atoms with E-state index in [1.54, 1.807) is 0 Å². The van der Waals surface area contributed by atoms with Crippen molar-refractivity contribution >= 4 is 11.4 Å². The third-order valence-electron chi connectivity index (χ3n) is 3.36. The number of nitrogens with zero attached hydrogens (tertiary/aromatic N) is 2. The molecule has 1 aliphatic rings. The topological polar surface area (TPSA) is 32.5 Å². The van der Waals surface area contributed by atoms with Crippen LogP contribution in [0.4, 0.5) is 15.8 Å². The standard InChI is InChI=1S/C13H20FN3/c1-16-6-8-17(9-7-16)12-2-3-13(15)11(10-12)4-5-14/h2-3,10H,4-9,15H2,1H3. The molecule has 2 N–H and O–H groups in total. The van der Waals surface area contributed by atoms with E-state index in [1.165, 1.54) is 0 Å². The minimum Gasteiger partial charge on any atom is -0.399 e. The van der Waals surface area contributed by atoms with Gasteiger partial charge in [0.05, 0.1) is 6.67 Å². The number of piperazine rings is 1. The van der Waals surface area contributed by atoms with Gasteiger partial charge in [-0.2, -0.15) is 0 Å². The summed E-state index contributed by atoms with van der Waals surface area (Å²) in [4.78, 5) is 4.65. The van der Waals surface area contributed by atoms with Gasteiger partial charge in [0.25, 0.3) is 0 Å². The zero-order chi connectivity index (χ0) is 12.3. The molecule has 0 radical (unpaired) electrons. The van der Waals surface area contributed by atoms with Crippen molar-refractivity contribution in [2.75, 3.05) is 50.5 Å². The number of likely N-dealkylation sites (N-methyl/N-ethyl adjacent to an activating group) is 1. The summed E-state index contributed by atoms with van der Waals surface area (Å²) in [6.07, 6.45) is 0.410. The first-order chi connectivity index (χ1) is 8.20. The Hall–Kier alpha value is -1.29. The summed E-state index contributed by atoms with van der Waals surface area (Å²) in [5.74, 6) is 0. The van der Waals surface area contributed by atoms with E-state index in [4.69, 9.17) is 5.73 Å². The van der Waals surface area contributed by atoms with Crippen LogP contribution in [0.1, 0.15) is 5.56 Å². The fraction of sp³-hybridized carbons (Fsp3) is 0.538. The second-order valence-corrected chi connectivity index (χ2v) is 4.61. The molecule has 0 amide bonds. The Morgan fingerprint density at radius 2 is 1.94 bits per heavy atom. The average molecular weight is 237 g/mol. The second-order valence-electron chi connectivity index (χ2n) is 4.61. The number of alkyl halides is 1. The quantitative estimate of drug-likeness (QED) is 0.809. The lowest BCUT2D eigenvalue weighted by Crippen LogP contribution is -2.44. The normalized spacial score (nSPS) is 17.4. The first-order valence-electron chi connectivity index (χ1n) is 6.08. The number of benzene rings is 1. The van der Waals surface area contributed by atoms with Crippen LogP contribution in [-0.4, -0.2) is 44.8 Å². The van der Waals surface area contributed by atoms with Gasteiger partial charge in [-0.05, 0) is 30.8 Å². The molecule has 0 atom stereocenters. The van der Waals surface area contributed by atoms with Gasteiger partial charge < -0.3 is 15.5 Å². The number of aryl methyl sites for hydroxylation is 1. The Kier molecular flexibility index (Phi) is 3.84. The molecule has 1 saturated heterocycles. The second kappa shape index (κ2) is 5.36. The van der Waals surface area contributed by atoms with Crippen LogP contribution in [-0.2, 0) is 6.42 Å². The van der Waals surface area contributed by atoms with E-state index in [1.807, 2.05) is 18.2 Å². The molecular formula is C13H20FN3. The van der Waals surface area contributed by atoms with Crippen molar-refractivity contribution in [3.8, 4) is 0 Å². The van der Waals surface area contributed by atoms with E-state index >= 15 is 0 Å². The lowest BCUT2D eigenvalue weighted by Gasteiger charge is -2.34. The Morgan fingerprint density at radius 3 is 2.59 bits per heavy atom. The Balaban J connectivity index is 2.12. The lowest BCUT2D eigenvalue weighted by molar-refractivity contribution is 0.313. The predicted molar refractivity (Wildman–Crippen MR) is 70.2 cm³/mol. The number of rotatable bonds is 3. The molecule has 0 aliphatic carbocycles. The maximum Gasteiger partial charge on any atom is 0.0935 e. The fourth-order valence-corrected chi connectivity index (χ4v) is 2.17. The predicted octanol–water partition coefficient (Wildman–Crippen LogP) is 1.53. The Morgan fingerprint density at radius 1 is 1.24 bits per heavy atom. The minimum atomic E-state index is -0.351. The van der Waals surface area contributed by atoms with Crippen molar-refractivity contribution in [1.82, 2.24) is 4.90 Å². The van der Waals surface area contributed by atoms with Gasteiger partial charge in [0.2, 0.25) is 0 Å². The van der Waals surface area contributed by atoms with Gasteiger partial charge >= 0.3 is 0 Å². The van der Waals surface area contributed by atoms with Crippen molar-refractivity contribution in [2.45, 2.75) is 6.42 Å². The molecule has 1 heterocycles. The van der Waals surface area contributed by atoms with Crippen LogP contribution in [0, 0.1) is 0 Å². The molecule has 1 fully saturated rings. The van der Waals surface area contributed by atoms with Gasteiger partial charge in [-0.15, -0.1) is 0 Å². The van der Waals surface area contributed by atoms with E-state index in [0.29, 0.717) is 12.1 Å². The summed E-state index contributed by atoms with van der Waals surface area (Å²) in [5.41, 5.74) is 8.61. The van der Waals surface area contributed by atoms with Crippen LogP contribution in [0.2, 0.25) is 0 Å². The van der Waals surface area contributed by atoms with Crippen LogP contribution in [0.15, 0.2) is 18.2 Å². The Labute approximate surface area is 102 Å². The fourth-order valence-electron chi connectivity index (χ4n) is 2.17. The van der Waals surface area contributed by atoms with E-state index in [-0.39, 0.29) is 6.67 Å². The molecule has 17 heavy (non-hydrogen) atoms. The van der Waals surface area contributed by atoms with Gasteiger partial charge in [0.1, 0.15) is 0 Å². The van der Waals surface area contributed by atoms with E-state index in [0.717, 1.165) is 37.4 Å². The van der Waals surface area contributed by atoms with Gasteiger partial charge in [-0.3, -0.25) is 4.39 Å². The van der Waals surface area contributed by atoms with Crippen LogP contribution in [0.5, 0.6) is 0 Å². The van der Waals surface area contributed by atoms with Crippen LogP contribution < -0.4 is 10.6 Å². The smallest absolute Gasteiger partial charge is 0.0935 e. The Bertz CT molecular complexity index is 373. The van der Waals surface area contributed by atoms with E-state index in [9.17, 15) is 4.39 Å². The van der Waals surface area contributed by atoms with Crippen molar-refractivity contribution in [2.24, 2.45) is 0 Å². The van der Waals surface area contributed by atoms with Crippen molar-refractivity contribution in [1.29, 1.82) is 0 Å². The first-order valence-corrected chi connectivity index (χ1v) is 6.08. The molecule has 0 spiro atoms. The van der Waals surface area contributed by atoms with Gasteiger partial charge in [-0.1, -0.05) is 0 Å². The summed E-state index contributed by atoms with van der Waals surface area (Å²) in [5, 5.41) is 0. The minimum absolute atomic E-state index is 0.351. The third kappa shape index (κ3) is 2.88.